The van der Waals surface area contributed by atoms with Crippen molar-refractivity contribution in [2.45, 2.75) is 18.6 Å². The smallest absolute Gasteiger partial charge is 0.389 e. The van der Waals surface area contributed by atoms with Crippen molar-refractivity contribution < 1.29 is 22.8 Å². The molecular formula is C3H6F3O2Si. The Morgan fingerprint density at radius 2 is 1.89 bits per heavy atom. The van der Waals surface area contributed by atoms with Crippen LogP contribution >= 0.6 is 0 Å². The number of rotatable bonds is 2. The molecule has 0 spiro atoms. The van der Waals surface area contributed by atoms with Gasteiger partial charge in [-0.25, -0.2) is 0 Å². The summed E-state index contributed by atoms with van der Waals surface area (Å²) in [6, 6.07) is -0.622. The molecule has 0 aromatic heterocycles. The van der Waals surface area contributed by atoms with Crippen LogP contribution in [-0.2, 0) is 4.80 Å². The lowest BCUT2D eigenvalue weighted by Gasteiger charge is -2.03. The highest BCUT2D eigenvalue weighted by Gasteiger charge is 2.28. The molecule has 1 radical (unpaired) electrons. The van der Waals surface area contributed by atoms with Crippen molar-refractivity contribution in [2.75, 3.05) is 0 Å². The van der Waals surface area contributed by atoms with E-state index in [1.807, 2.05) is 0 Å². The second kappa shape index (κ2) is 3.19. The van der Waals surface area contributed by atoms with Crippen LogP contribution in [0.15, 0.2) is 0 Å². The molecule has 0 heterocycles. The van der Waals surface area contributed by atoms with E-state index < -0.39 is 27.9 Å². The standard InChI is InChI=1S/C3H6F3O2Si/c4-3(5,6)1-2-9(7)8/h7,9H,1-2H2. The molecule has 0 fully saturated rings. The van der Waals surface area contributed by atoms with E-state index in [2.05, 4.69) is 0 Å². The predicted molar refractivity (Wildman–Crippen MR) is 25.5 cm³/mol. The van der Waals surface area contributed by atoms with Gasteiger partial charge in [0.25, 0.3) is 0 Å². The molecule has 0 saturated carbocycles. The molecule has 55 valence electrons. The van der Waals surface area contributed by atoms with Crippen LogP contribution in [0.4, 0.5) is 13.2 Å². The molecule has 0 rings (SSSR count). The molecule has 0 aromatic rings. The maximum absolute atomic E-state index is 11.2. The Hall–Kier alpha value is -0.0731. The third kappa shape index (κ3) is 7.93. The van der Waals surface area contributed by atoms with E-state index in [1.165, 1.54) is 0 Å². The van der Waals surface area contributed by atoms with Gasteiger partial charge in [0.15, 0.2) is 0 Å². The van der Waals surface area contributed by atoms with Crippen LogP contribution < -0.4 is 0 Å². The Labute approximate surface area is 51.8 Å². The number of hydrogen-bond acceptors (Lipinski definition) is 1. The molecule has 1 N–H and O–H groups in total. The highest BCUT2D eigenvalue weighted by molar-refractivity contribution is 6.40. The maximum Gasteiger partial charge on any atom is 0.389 e. The number of hydrogen-bond donors (Lipinski definition) is 1. The van der Waals surface area contributed by atoms with Crippen molar-refractivity contribution >= 4 is 9.28 Å². The topological polar surface area (TPSA) is 40.1 Å². The summed E-state index contributed by atoms with van der Waals surface area (Å²) in [5.41, 5.74) is 0. The van der Waals surface area contributed by atoms with Crippen molar-refractivity contribution in [3.8, 4) is 0 Å². The normalized spacial score (nSPS) is 12.7. The minimum Gasteiger partial charge on any atom is -0.411 e. The zero-order chi connectivity index (χ0) is 7.49. The fourth-order valence-electron chi connectivity index (χ4n) is 0.287. The fourth-order valence-corrected chi connectivity index (χ4v) is 0.861. The molecule has 1 atom stereocenters. The molecule has 0 aliphatic carbocycles. The fraction of sp³-hybridized carbons (Fsp3) is 1.00. The maximum atomic E-state index is 11.2. The molecular weight excluding hydrogens is 153 g/mol. The lowest BCUT2D eigenvalue weighted by molar-refractivity contribution is -0.131. The van der Waals surface area contributed by atoms with Crippen molar-refractivity contribution in [3.05, 3.63) is 0 Å². The summed E-state index contributed by atoms with van der Waals surface area (Å²) < 4.78 is 33.6. The van der Waals surface area contributed by atoms with Crippen LogP contribution in [0.2, 0.25) is 6.04 Å². The Morgan fingerprint density at radius 3 is 2.00 bits per heavy atom. The van der Waals surface area contributed by atoms with Gasteiger partial charge in [0.1, 0.15) is 0 Å². The average molecular weight is 159 g/mol. The van der Waals surface area contributed by atoms with Crippen LogP contribution in [0, 0.1) is 0 Å². The lowest BCUT2D eigenvalue weighted by atomic mass is 10.5. The summed E-state index contributed by atoms with van der Waals surface area (Å²) in [5, 5.41) is 0. The summed E-state index contributed by atoms with van der Waals surface area (Å²) in [6.07, 6.45) is -5.44. The number of alkyl halides is 3. The second-order valence-corrected chi connectivity index (χ2v) is 3.10. The summed E-state index contributed by atoms with van der Waals surface area (Å²) >= 11 is 0. The average Bonchev–Trinajstić information content (AvgIpc) is 1.59. The van der Waals surface area contributed by atoms with Gasteiger partial charge >= 0.3 is 15.5 Å². The lowest BCUT2D eigenvalue weighted by Crippen LogP contribution is -2.15. The third-order valence-corrected chi connectivity index (χ3v) is 1.46. The first kappa shape index (κ1) is 8.93. The van der Waals surface area contributed by atoms with Crippen LogP contribution in [-0.4, -0.2) is 20.3 Å². The molecule has 0 aliphatic rings. The van der Waals surface area contributed by atoms with Gasteiger partial charge in [-0.1, -0.05) is 0 Å². The SMILES string of the molecule is [O][SiH](O)CCC(F)(F)F. The van der Waals surface area contributed by atoms with E-state index in [-0.39, 0.29) is 0 Å². The molecule has 6 heteroatoms. The van der Waals surface area contributed by atoms with Crippen molar-refractivity contribution in [1.82, 2.24) is 0 Å². The molecule has 0 aliphatic heterocycles. The van der Waals surface area contributed by atoms with Crippen molar-refractivity contribution in [1.29, 1.82) is 0 Å². The van der Waals surface area contributed by atoms with Crippen LogP contribution in [0.3, 0.4) is 0 Å². The molecule has 2 nitrogen and oxygen atoms in total. The number of halogens is 3. The predicted octanol–water partition coefficient (Wildman–Crippen LogP) is 0.582. The summed E-state index contributed by atoms with van der Waals surface area (Å²) in [6.45, 7) is 0. The van der Waals surface area contributed by atoms with Crippen molar-refractivity contribution in [3.63, 3.8) is 0 Å². The zero-order valence-corrected chi connectivity index (χ0v) is 5.64. The van der Waals surface area contributed by atoms with Gasteiger partial charge < -0.3 is 4.80 Å². The third-order valence-electron chi connectivity index (χ3n) is 0.675. The highest BCUT2D eigenvalue weighted by Crippen LogP contribution is 2.21. The van der Waals surface area contributed by atoms with Gasteiger partial charge in [-0.15, -0.1) is 0 Å². The van der Waals surface area contributed by atoms with E-state index in [4.69, 9.17) is 4.80 Å². The van der Waals surface area contributed by atoms with Gasteiger partial charge in [-0.05, 0) is 6.04 Å². The Balaban J connectivity index is 3.28. The second-order valence-electron chi connectivity index (χ2n) is 1.61. The van der Waals surface area contributed by atoms with E-state index in [0.29, 0.717) is 0 Å². The Kier molecular flexibility index (Phi) is 3.16. The highest BCUT2D eigenvalue weighted by atomic mass is 28.3. The molecule has 9 heavy (non-hydrogen) atoms. The van der Waals surface area contributed by atoms with E-state index in [9.17, 15) is 18.0 Å². The van der Waals surface area contributed by atoms with Crippen molar-refractivity contribution in [2.24, 2.45) is 0 Å². The first-order valence-corrected chi connectivity index (χ1v) is 4.13. The minimum atomic E-state index is -4.29. The van der Waals surface area contributed by atoms with Gasteiger partial charge in [0.05, 0.1) is 0 Å². The largest absolute Gasteiger partial charge is 0.411 e. The Bertz CT molecular complexity index is 81.6. The molecule has 0 bridgehead atoms. The Morgan fingerprint density at radius 1 is 1.44 bits per heavy atom. The summed E-state index contributed by atoms with van der Waals surface area (Å²) in [4.78, 5) is 17.8. The molecule has 0 aromatic carbocycles. The molecule has 0 amide bonds. The van der Waals surface area contributed by atoms with E-state index in [1.54, 1.807) is 0 Å². The molecule has 0 saturated heterocycles. The van der Waals surface area contributed by atoms with Gasteiger partial charge in [0.2, 0.25) is 0 Å². The quantitative estimate of drug-likeness (QED) is 0.588. The zero-order valence-electron chi connectivity index (χ0n) is 4.48. The van der Waals surface area contributed by atoms with Crippen LogP contribution in [0.25, 0.3) is 0 Å². The van der Waals surface area contributed by atoms with E-state index in [0.717, 1.165) is 0 Å². The van der Waals surface area contributed by atoms with Crippen LogP contribution in [0.5, 0.6) is 0 Å². The first-order valence-electron chi connectivity index (χ1n) is 2.32. The van der Waals surface area contributed by atoms with Gasteiger partial charge in [0, 0.05) is 6.42 Å². The minimum absolute atomic E-state index is 0.622. The van der Waals surface area contributed by atoms with E-state index >= 15 is 0 Å². The van der Waals surface area contributed by atoms with Crippen LogP contribution in [0.1, 0.15) is 6.42 Å². The summed E-state index contributed by atoms with van der Waals surface area (Å²) in [7, 11) is -3.24. The monoisotopic (exact) mass is 159 g/mol. The molecule has 1 unspecified atom stereocenters. The first-order chi connectivity index (χ1) is 3.92. The van der Waals surface area contributed by atoms with Gasteiger partial charge in [-0.2, -0.15) is 13.2 Å². The summed E-state index contributed by atoms with van der Waals surface area (Å²) in [5.74, 6) is 0. The van der Waals surface area contributed by atoms with Gasteiger partial charge in [-0.3, -0.25) is 4.80 Å².